The molecule has 5 nitrogen and oxygen atoms in total. The van der Waals surface area contributed by atoms with Gasteiger partial charge in [0.1, 0.15) is 0 Å². The number of carbonyl (C=O) groups is 1. The molecular weight excluding hydrogens is 280 g/mol. The van der Waals surface area contributed by atoms with Gasteiger partial charge in [-0.2, -0.15) is 0 Å². The maximum atomic E-state index is 12.1. The van der Waals surface area contributed by atoms with Crippen molar-refractivity contribution in [2.24, 2.45) is 0 Å². The fraction of sp³-hybridized carbons (Fsp3) is 0.588. The van der Waals surface area contributed by atoms with Crippen LogP contribution >= 0.6 is 0 Å². The number of amides is 1. The van der Waals surface area contributed by atoms with Gasteiger partial charge in [-0.1, -0.05) is 0 Å². The topological polar surface area (TPSA) is 59.6 Å². The van der Waals surface area contributed by atoms with Crippen LogP contribution < -0.4 is 20.1 Å². The highest BCUT2D eigenvalue weighted by Crippen LogP contribution is 2.32. The molecule has 0 radical (unpaired) electrons. The number of nitrogens with one attached hydrogen (secondary N) is 2. The second-order valence-corrected chi connectivity index (χ2v) is 5.60. The van der Waals surface area contributed by atoms with Crippen molar-refractivity contribution in [1.29, 1.82) is 0 Å². The summed E-state index contributed by atoms with van der Waals surface area (Å²) in [6, 6.07) is 5.37. The lowest BCUT2D eigenvalue weighted by atomic mass is 10.2. The first kappa shape index (κ1) is 16.6. The summed E-state index contributed by atoms with van der Waals surface area (Å²) in [7, 11) is 3.50. The van der Waals surface area contributed by atoms with Gasteiger partial charge in [-0.25, -0.2) is 0 Å². The van der Waals surface area contributed by atoms with Crippen LogP contribution in [0.3, 0.4) is 0 Å². The quantitative estimate of drug-likeness (QED) is 0.724. The van der Waals surface area contributed by atoms with E-state index < -0.39 is 0 Å². The number of methoxy groups -OCH3 is 1. The third-order valence-corrected chi connectivity index (χ3v) is 3.91. The zero-order chi connectivity index (χ0) is 15.8. The van der Waals surface area contributed by atoms with Crippen LogP contribution in [0, 0.1) is 0 Å². The number of benzene rings is 1. The summed E-state index contributed by atoms with van der Waals surface area (Å²) in [4.78, 5) is 12.1. The minimum absolute atomic E-state index is 0.0816. The summed E-state index contributed by atoms with van der Waals surface area (Å²) in [5.41, 5.74) is 0.597. The maximum Gasteiger partial charge on any atom is 0.251 e. The highest BCUT2D eigenvalue weighted by atomic mass is 16.5. The van der Waals surface area contributed by atoms with Crippen molar-refractivity contribution in [3.63, 3.8) is 0 Å². The minimum Gasteiger partial charge on any atom is -0.493 e. The monoisotopic (exact) mass is 306 g/mol. The maximum absolute atomic E-state index is 12.1. The lowest BCUT2D eigenvalue weighted by Gasteiger charge is -2.16. The molecule has 22 heavy (non-hydrogen) atoms. The van der Waals surface area contributed by atoms with Crippen LogP contribution in [0.4, 0.5) is 0 Å². The second-order valence-electron chi connectivity index (χ2n) is 5.60. The molecule has 1 aliphatic carbocycles. The molecule has 0 atom stereocenters. The molecule has 0 bridgehead atoms. The molecule has 2 rings (SSSR count). The van der Waals surface area contributed by atoms with Crippen molar-refractivity contribution < 1.29 is 14.3 Å². The third kappa shape index (κ3) is 4.63. The highest BCUT2D eigenvalue weighted by Gasteiger charge is 2.19. The van der Waals surface area contributed by atoms with E-state index in [4.69, 9.17) is 9.47 Å². The summed E-state index contributed by atoms with van der Waals surface area (Å²) >= 11 is 0. The van der Waals surface area contributed by atoms with Crippen LogP contribution in [0.25, 0.3) is 0 Å². The van der Waals surface area contributed by atoms with Crippen molar-refractivity contribution in [3.05, 3.63) is 23.8 Å². The normalized spacial score (nSPS) is 14.8. The van der Waals surface area contributed by atoms with Gasteiger partial charge in [-0.3, -0.25) is 4.79 Å². The predicted octanol–water partition coefficient (Wildman–Crippen LogP) is 2.36. The van der Waals surface area contributed by atoms with Gasteiger partial charge in [0.25, 0.3) is 5.91 Å². The highest BCUT2D eigenvalue weighted by molar-refractivity contribution is 5.94. The lowest BCUT2D eigenvalue weighted by Crippen LogP contribution is -2.26. The van der Waals surface area contributed by atoms with Gasteiger partial charge in [0.05, 0.1) is 13.2 Å². The van der Waals surface area contributed by atoms with Crippen molar-refractivity contribution in [2.75, 3.05) is 27.2 Å². The molecule has 0 spiro atoms. The van der Waals surface area contributed by atoms with E-state index in [-0.39, 0.29) is 12.0 Å². The Morgan fingerprint density at radius 2 is 2.00 bits per heavy atom. The molecule has 2 N–H and O–H groups in total. The van der Waals surface area contributed by atoms with Gasteiger partial charge in [0, 0.05) is 12.1 Å². The van der Waals surface area contributed by atoms with Crippen molar-refractivity contribution in [3.8, 4) is 11.5 Å². The van der Waals surface area contributed by atoms with E-state index >= 15 is 0 Å². The molecule has 1 amide bonds. The Hall–Kier alpha value is -1.75. The number of hydrogen-bond acceptors (Lipinski definition) is 4. The Balaban J connectivity index is 1.96. The molecule has 122 valence electrons. The Labute approximate surface area is 132 Å². The van der Waals surface area contributed by atoms with Crippen molar-refractivity contribution in [1.82, 2.24) is 10.6 Å². The third-order valence-electron chi connectivity index (χ3n) is 3.91. The van der Waals surface area contributed by atoms with Gasteiger partial charge >= 0.3 is 0 Å². The van der Waals surface area contributed by atoms with E-state index in [9.17, 15) is 4.79 Å². The molecule has 1 saturated carbocycles. The van der Waals surface area contributed by atoms with Crippen molar-refractivity contribution in [2.45, 2.75) is 38.2 Å². The first-order valence-corrected chi connectivity index (χ1v) is 8.02. The molecule has 0 heterocycles. The molecule has 0 unspecified atom stereocenters. The number of rotatable bonds is 8. The lowest BCUT2D eigenvalue weighted by molar-refractivity contribution is 0.0953. The summed E-state index contributed by atoms with van der Waals surface area (Å²) < 4.78 is 11.4. The summed E-state index contributed by atoms with van der Waals surface area (Å²) in [5, 5.41) is 5.96. The van der Waals surface area contributed by atoms with Crippen LogP contribution in [0.15, 0.2) is 18.2 Å². The predicted molar refractivity (Wildman–Crippen MR) is 86.8 cm³/mol. The van der Waals surface area contributed by atoms with E-state index in [0.717, 1.165) is 31.6 Å². The van der Waals surface area contributed by atoms with E-state index in [1.807, 2.05) is 13.1 Å². The minimum atomic E-state index is -0.0816. The summed E-state index contributed by atoms with van der Waals surface area (Å²) in [6.45, 7) is 1.54. The number of ether oxygens (including phenoxy) is 2. The van der Waals surface area contributed by atoms with Gasteiger partial charge in [0.15, 0.2) is 11.5 Å². The Bertz CT molecular complexity index is 485. The van der Waals surface area contributed by atoms with Crippen molar-refractivity contribution >= 4 is 5.91 Å². The zero-order valence-corrected chi connectivity index (χ0v) is 13.5. The number of hydrogen-bond donors (Lipinski definition) is 2. The smallest absolute Gasteiger partial charge is 0.251 e. The van der Waals surface area contributed by atoms with Crippen LogP contribution in [0.5, 0.6) is 11.5 Å². The number of carbonyl (C=O) groups excluding carboxylic acids is 1. The molecule has 1 aromatic rings. The fourth-order valence-corrected chi connectivity index (χ4v) is 2.66. The van der Waals surface area contributed by atoms with Crippen LogP contribution in [-0.2, 0) is 0 Å². The van der Waals surface area contributed by atoms with E-state index in [2.05, 4.69) is 10.6 Å². The molecule has 0 aromatic heterocycles. The molecular formula is C17H26N2O3. The van der Waals surface area contributed by atoms with Gasteiger partial charge in [0.2, 0.25) is 0 Å². The zero-order valence-electron chi connectivity index (χ0n) is 13.5. The van der Waals surface area contributed by atoms with E-state index in [1.165, 1.54) is 12.8 Å². The molecule has 1 aromatic carbocycles. The van der Waals surface area contributed by atoms with Crippen LogP contribution in [-0.4, -0.2) is 39.3 Å². The van der Waals surface area contributed by atoms with Crippen LogP contribution in [0.1, 0.15) is 42.5 Å². The Morgan fingerprint density at radius 3 is 2.68 bits per heavy atom. The van der Waals surface area contributed by atoms with Gasteiger partial charge in [-0.15, -0.1) is 0 Å². The molecule has 0 aliphatic heterocycles. The van der Waals surface area contributed by atoms with Gasteiger partial charge in [-0.05, 0) is 63.9 Å². The largest absolute Gasteiger partial charge is 0.493 e. The SMILES string of the molecule is CNCCCNC(=O)c1ccc(OC2CCCC2)c(OC)c1. The molecule has 5 heteroatoms. The molecule has 1 fully saturated rings. The average molecular weight is 306 g/mol. The van der Waals surface area contributed by atoms with Crippen LogP contribution in [0.2, 0.25) is 0 Å². The first-order chi connectivity index (χ1) is 10.7. The molecule has 1 aliphatic rings. The Morgan fingerprint density at radius 1 is 1.23 bits per heavy atom. The average Bonchev–Trinajstić information content (AvgIpc) is 3.04. The fourth-order valence-electron chi connectivity index (χ4n) is 2.66. The van der Waals surface area contributed by atoms with Gasteiger partial charge < -0.3 is 20.1 Å². The standard InChI is InChI=1S/C17H26N2O3/c1-18-10-5-11-19-17(20)13-8-9-15(16(12-13)21-2)22-14-6-3-4-7-14/h8-9,12,14,18H,3-7,10-11H2,1-2H3,(H,19,20). The first-order valence-electron chi connectivity index (χ1n) is 8.02. The van der Waals surface area contributed by atoms with E-state index in [1.54, 1.807) is 19.2 Å². The summed E-state index contributed by atoms with van der Waals surface area (Å²) in [5.74, 6) is 1.26. The molecule has 0 saturated heterocycles. The summed E-state index contributed by atoms with van der Waals surface area (Å²) in [6.07, 6.45) is 5.81. The second kappa shape index (κ2) is 8.63. The Kier molecular flexibility index (Phi) is 6.52. The van der Waals surface area contributed by atoms with E-state index in [0.29, 0.717) is 17.9 Å².